The van der Waals surface area contributed by atoms with Gasteiger partial charge in [0.2, 0.25) is 0 Å². The Kier molecular flexibility index (Phi) is 6.78. The highest BCUT2D eigenvalue weighted by Crippen LogP contribution is 2.34. The zero-order chi connectivity index (χ0) is 24.5. The first-order valence-corrected chi connectivity index (χ1v) is 12.3. The number of aromatic nitrogens is 1. The minimum atomic E-state index is -0.538. The van der Waals surface area contributed by atoms with Crippen molar-refractivity contribution in [2.24, 2.45) is 0 Å². The summed E-state index contributed by atoms with van der Waals surface area (Å²) in [6.07, 6.45) is 0. The Labute approximate surface area is 204 Å². The van der Waals surface area contributed by atoms with Gasteiger partial charge in [0.15, 0.2) is 5.13 Å². The minimum absolute atomic E-state index is 0.0183. The summed E-state index contributed by atoms with van der Waals surface area (Å²) in [7, 11) is 0. The molecule has 0 atom stereocenters. The highest BCUT2D eigenvalue weighted by molar-refractivity contribution is 7.19. The molecule has 1 saturated heterocycles. The topological polar surface area (TPSA) is 115 Å². The summed E-state index contributed by atoms with van der Waals surface area (Å²) in [6.45, 7) is 8.30. The minimum Gasteiger partial charge on any atom is -0.378 e. The molecule has 9 nitrogen and oxygen atoms in total. The SMILES string of the molecule is CC(C)(C)c1ccc(-c2nc(NC(=O)c3ccc([N+](=O)[O-])s3)sc2C(=O)N2CCOCC2)cc1. The molecule has 178 valence electrons. The van der Waals surface area contributed by atoms with Crippen molar-refractivity contribution in [1.82, 2.24) is 9.88 Å². The van der Waals surface area contributed by atoms with Crippen LogP contribution >= 0.6 is 22.7 Å². The monoisotopic (exact) mass is 500 g/mol. The van der Waals surface area contributed by atoms with Crippen molar-refractivity contribution in [1.29, 1.82) is 0 Å². The highest BCUT2D eigenvalue weighted by atomic mass is 32.1. The van der Waals surface area contributed by atoms with E-state index in [1.165, 1.54) is 12.1 Å². The van der Waals surface area contributed by atoms with Crippen molar-refractivity contribution in [3.63, 3.8) is 0 Å². The number of rotatable bonds is 5. The number of anilines is 1. The molecule has 3 aromatic rings. The van der Waals surface area contributed by atoms with Crippen LogP contribution in [0.5, 0.6) is 0 Å². The standard InChI is InChI=1S/C23H24N4O5S2/c1-23(2,3)15-6-4-14(5-7-15)18-19(21(29)26-10-12-32-13-11-26)34-22(24-18)25-20(28)16-8-9-17(33-16)27(30)31/h4-9H,10-13H2,1-3H3,(H,24,25,28). The van der Waals surface area contributed by atoms with Crippen molar-refractivity contribution in [3.8, 4) is 11.3 Å². The van der Waals surface area contributed by atoms with Crippen LogP contribution in [0.1, 0.15) is 45.7 Å². The van der Waals surface area contributed by atoms with Crippen LogP contribution in [-0.4, -0.2) is 52.9 Å². The molecule has 2 aromatic heterocycles. The lowest BCUT2D eigenvalue weighted by Gasteiger charge is -2.26. The third-order valence-electron chi connectivity index (χ3n) is 5.36. The van der Waals surface area contributed by atoms with Crippen molar-refractivity contribution in [3.05, 3.63) is 61.8 Å². The number of ether oxygens (including phenoxy) is 1. The second kappa shape index (κ2) is 9.61. The van der Waals surface area contributed by atoms with Gasteiger partial charge in [-0.1, -0.05) is 67.7 Å². The maximum atomic E-state index is 13.3. The molecule has 1 N–H and O–H groups in total. The first-order chi connectivity index (χ1) is 16.1. The fourth-order valence-electron chi connectivity index (χ4n) is 3.46. The van der Waals surface area contributed by atoms with Gasteiger partial charge in [-0.3, -0.25) is 25.0 Å². The molecule has 1 aliphatic heterocycles. The predicted octanol–water partition coefficient (Wildman–Crippen LogP) is 4.80. The van der Waals surface area contributed by atoms with Crippen LogP contribution in [0.25, 0.3) is 11.3 Å². The molecule has 0 unspecified atom stereocenters. The molecule has 1 aliphatic rings. The van der Waals surface area contributed by atoms with E-state index in [1.807, 2.05) is 24.3 Å². The average Bonchev–Trinajstić information content (AvgIpc) is 3.47. The second-order valence-electron chi connectivity index (χ2n) is 8.78. The molecule has 0 aliphatic carbocycles. The molecule has 2 amide bonds. The van der Waals surface area contributed by atoms with E-state index in [0.29, 0.717) is 36.9 Å². The highest BCUT2D eigenvalue weighted by Gasteiger charge is 2.27. The van der Waals surface area contributed by atoms with E-state index < -0.39 is 10.8 Å². The van der Waals surface area contributed by atoms with Gasteiger partial charge in [-0.2, -0.15) is 0 Å². The lowest BCUT2D eigenvalue weighted by Crippen LogP contribution is -2.40. The quantitative estimate of drug-likeness (QED) is 0.397. The van der Waals surface area contributed by atoms with Crippen LogP contribution in [0.2, 0.25) is 0 Å². The third kappa shape index (κ3) is 5.16. The molecule has 1 aromatic carbocycles. The zero-order valence-corrected chi connectivity index (χ0v) is 20.6. The lowest BCUT2D eigenvalue weighted by atomic mass is 9.86. The summed E-state index contributed by atoms with van der Waals surface area (Å²) >= 11 is 1.88. The number of carbonyl (C=O) groups excluding carboxylic acids is 2. The van der Waals surface area contributed by atoms with Gasteiger partial charge in [-0.05, 0) is 17.0 Å². The number of morpholine rings is 1. The van der Waals surface area contributed by atoms with Gasteiger partial charge in [0.1, 0.15) is 4.88 Å². The van der Waals surface area contributed by atoms with Gasteiger partial charge in [0, 0.05) is 24.7 Å². The molecular formula is C23H24N4O5S2. The van der Waals surface area contributed by atoms with Gasteiger partial charge in [0.25, 0.3) is 11.8 Å². The summed E-state index contributed by atoms with van der Waals surface area (Å²) in [5.74, 6) is -0.671. The first kappa shape index (κ1) is 24.0. The number of nitrogens with zero attached hydrogens (tertiary/aromatic N) is 3. The van der Waals surface area contributed by atoms with E-state index in [9.17, 15) is 19.7 Å². The Hall–Kier alpha value is -3.15. The van der Waals surface area contributed by atoms with E-state index >= 15 is 0 Å². The van der Waals surface area contributed by atoms with Gasteiger partial charge >= 0.3 is 5.00 Å². The van der Waals surface area contributed by atoms with Crippen LogP contribution in [0.3, 0.4) is 0 Å². The van der Waals surface area contributed by atoms with Crippen molar-refractivity contribution >= 4 is 44.6 Å². The molecule has 0 bridgehead atoms. The summed E-state index contributed by atoms with van der Waals surface area (Å²) in [5.41, 5.74) is 2.40. The fourth-order valence-corrected chi connectivity index (χ4v) is 5.13. The van der Waals surface area contributed by atoms with Crippen LogP contribution in [0.4, 0.5) is 10.1 Å². The molecule has 0 radical (unpaired) electrons. The van der Waals surface area contributed by atoms with Crippen molar-refractivity contribution in [2.75, 3.05) is 31.6 Å². The molecule has 1 fully saturated rings. The fraction of sp³-hybridized carbons (Fsp3) is 0.348. The summed E-state index contributed by atoms with van der Waals surface area (Å²) in [6, 6.07) is 10.6. The normalized spacial score (nSPS) is 14.1. The predicted molar refractivity (Wildman–Crippen MR) is 132 cm³/mol. The summed E-state index contributed by atoms with van der Waals surface area (Å²) < 4.78 is 5.36. The van der Waals surface area contributed by atoms with E-state index in [2.05, 4.69) is 31.1 Å². The zero-order valence-electron chi connectivity index (χ0n) is 19.0. The van der Waals surface area contributed by atoms with E-state index in [4.69, 9.17) is 4.74 Å². The number of amides is 2. The number of hydrogen-bond donors (Lipinski definition) is 1. The first-order valence-electron chi connectivity index (χ1n) is 10.7. The Morgan fingerprint density at radius 1 is 1.09 bits per heavy atom. The van der Waals surface area contributed by atoms with E-state index in [1.54, 1.807) is 4.90 Å². The Bertz CT molecular complexity index is 1220. The Morgan fingerprint density at radius 2 is 1.76 bits per heavy atom. The van der Waals surface area contributed by atoms with Crippen LogP contribution in [0, 0.1) is 10.1 Å². The smallest absolute Gasteiger partial charge is 0.324 e. The van der Waals surface area contributed by atoms with Crippen LogP contribution < -0.4 is 5.32 Å². The van der Waals surface area contributed by atoms with Gasteiger partial charge < -0.3 is 9.64 Å². The van der Waals surface area contributed by atoms with Crippen LogP contribution in [0.15, 0.2) is 36.4 Å². The Balaban J connectivity index is 1.66. The molecule has 11 heteroatoms. The van der Waals surface area contributed by atoms with Gasteiger partial charge in [-0.25, -0.2) is 4.98 Å². The lowest BCUT2D eigenvalue weighted by molar-refractivity contribution is -0.380. The van der Waals surface area contributed by atoms with Crippen molar-refractivity contribution < 1.29 is 19.2 Å². The third-order valence-corrected chi connectivity index (χ3v) is 7.35. The average molecular weight is 501 g/mol. The molecule has 4 rings (SSSR count). The summed E-state index contributed by atoms with van der Waals surface area (Å²) in [4.78, 5) is 43.3. The number of carbonyl (C=O) groups is 2. The molecule has 0 spiro atoms. The number of thiazole rings is 1. The number of hydrogen-bond acceptors (Lipinski definition) is 8. The molecule has 34 heavy (non-hydrogen) atoms. The largest absolute Gasteiger partial charge is 0.378 e. The van der Waals surface area contributed by atoms with Gasteiger partial charge in [0.05, 0.1) is 28.7 Å². The van der Waals surface area contributed by atoms with E-state index in [0.717, 1.165) is 33.8 Å². The molecular weight excluding hydrogens is 476 g/mol. The number of thiophene rings is 1. The molecule has 0 saturated carbocycles. The summed E-state index contributed by atoms with van der Waals surface area (Å²) in [5, 5.41) is 13.8. The number of nitro groups is 1. The Morgan fingerprint density at radius 3 is 2.35 bits per heavy atom. The maximum absolute atomic E-state index is 13.3. The van der Waals surface area contributed by atoms with Crippen molar-refractivity contribution in [2.45, 2.75) is 26.2 Å². The van der Waals surface area contributed by atoms with E-state index in [-0.39, 0.29) is 26.3 Å². The number of nitrogens with one attached hydrogen (secondary N) is 1. The second-order valence-corrected chi connectivity index (χ2v) is 10.8. The number of benzene rings is 1. The molecule has 3 heterocycles. The maximum Gasteiger partial charge on any atom is 0.324 e. The van der Waals surface area contributed by atoms with Gasteiger partial charge in [-0.15, -0.1) is 0 Å². The van der Waals surface area contributed by atoms with Crippen LogP contribution in [-0.2, 0) is 10.2 Å².